The van der Waals surface area contributed by atoms with Crippen LogP contribution < -0.4 is 4.90 Å². The Bertz CT molecular complexity index is 1120. The smallest absolute Gasteiger partial charge is 0.233 e. The van der Waals surface area contributed by atoms with Crippen molar-refractivity contribution >= 4 is 44.2 Å². The Morgan fingerprint density at radius 2 is 1.86 bits per heavy atom. The SMILES string of the molecule is Cc1ccc(CC(=O)N(Cc2ccccn2)c2nc3c(C)ccc(Cl)c3s2)cc1. The van der Waals surface area contributed by atoms with E-state index in [1.165, 1.54) is 16.9 Å². The third kappa shape index (κ3) is 4.31. The summed E-state index contributed by atoms with van der Waals surface area (Å²) in [5, 5.41) is 1.29. The van der Waals surface area contributed by atoms with Crippen molar-refractivity contribution in [3.05, 3.63) is 88.2 Å². The molecule has 4 aromatic rings. The van der Waals surface area contributed by atoms with Gasteiger partial charge in [0.05, 0.1) is 33.9 Å². The van der Waals surface area contributed by atoms with Gasteiger partial charge >= 0.3 is 0 Å². The van der Waals surface area contributed by atoms with Crippen molar-refractivity contribution in [2.45, 2.75) is 26.8 Å². The number of aryl methyl sites for hydroxylation is 2. The molecule has 2 aromatic carbocycles. The molecule has 4 rings (SSSR count). The molecule has 0 radical (unpaired) electrons. The molecule has 1 amide bonds. The van der Waals surface area contributed by atoms with E-state index in [9.17, 15) is 4.79 Å². The molecule has 0 fully saturated rings. The molecule has 146 valence electrons. The molecule has 6 heteroatoms. The highest BCUT2D eigenvalue weighted by atomic mass is 35.5. The first-order chi connectivity index (χ1) is 14.0. The molecule has 0 bridgehead atoms. The Morgan fingerprint density at radius 1 is 1.07 bits per heavy atom. The normalized spacial score (nSPS) is 11.0. The summed E-state index contributed by atoms with van der Waals surface area (Å²) in [6.45, 7) is 4.40. The molecule has 0 saturated carbocycles. The number of anilines is 1. The summed E-state index contributed by atoms with van der Waals surface area (Å²) >= 11 is 7.83. The van der Waals surface area contributed by atoms with Gasteiger partial charge in [0.1, 0.15) is 0 Å². The van der Waals surface area contributed by atoms with E-state index < -0.39 is 0 Å². The van der Waals surface area contributed by atoms with Gasteiger partial charge in [0.2, 0.25) is 5.91 Å². The van der Waals surface area contributed by atoms with Crippen LogP contribution in [0.15, 0.2) is 60.8 Å². The van der Waals surface area contributed by atoms with Crippen LogP contribution >= 0.6 is 22.9 Å². The van der Waals surface area contributed by atoms with Gasteiger partial charge in [0, 0.05) is 6.20 Å². The standard InChI is InChI=1S/C23H20ClN3OS/c1-15-6-9-17(10-7-15)13-20(28)27(14-18-5-3-4-12-25-18)23-26-21-16(2)8-11-19(24)22(21)29-23/h3-12H,13-14H2,1-2H3. The number of benzene rings is 2. The number of halogens is 1. The first-order valence-corrected chi connectivity index (χ1v) is 10.5. The molecule has 0 atom stereocenters. The molecule has 2 heterocycles. The summed E-state index contributed by atoms with van der Waals surface area (Å²) in [5.74, 6) is -0.0210. The van der Waals surface area contributed by atoms with Gasteiger partial charge in [-0.25, -0.2) is 4.98 Å². The number of hydrogen-bond donors (Lipinski definition) is 0. The summed E-state index contributed by atoms with van der Waals surface area (Å²) in [6, 6.07) is 17.5. The van der Waals surface area contributed by atoms with E-state index in [4.69, 9.17) is 16.6 Å². The van der Waals surface area contributed by atoms with Gasteiger partial charge in [0.15, 0.2) is 5.13 Å². The minimum absolute atomic E-state index is 0.0210. The minimum Gasteiger partial charge on any atom is -0.282 e. The molecule has 29 heavy (non-hydrogen) atoms. The maximum absolute atomic E-state index is 13.3. The number of thiazole rings is 1. The third-order valence-electron chi connectivity index (χ3n) is 4.74. The Balaban J connectivity index is 1.72. The summed E-state index contributed by atoms with van der Waals surface area (Å²) in [6.07, 6.45) is 2.03. The number of aromatic nitrogens is 2. The summed E-state index contributed by atoms with van der Waals surface area (Å²) in [7, 11) is 0. The molecule has 0 aliphatic rings. The molecule has 2 aromatic heterocycles. The van der Waals surface area contributed by atoms with Crippen LogP contribution in [0.3, 0.4) is 0 Å². The predicted octanol–water partition coefficient (Wildman–Crippen LogP) is 5.74. The largest absolute Gasteiger partial charge is 0.282 e. The Morgan fingerprint density at radius 3 is 2.55 bits per heavy atom. The highest BCUT2D eigenvalue weighted by Crippen LogP contribution is 2.36. The predicted molar refractivity (Wildman–Crippen MR) is 120 cm³/mol. The van der Waals surface area contributed by atoms with Gasteiger partial charge in [-0.2, -0.15) is 0 Å². The fraction of sp³-hybridized carbons (Fsp3) is 0.174. The van der Waals surface area contributed by atoms with Crippen molar-refractivity contribution in [1.82, 2.24) is 9.97 Å². The molecule has 0 spiro atoms. The topological polar surface area (TPSA) is 46.1 Å². The van der Waals surface area contributed by atoms with Crippen molar-refractivity contribution in [2.24, 2.45) is 0 Å². The lowest BCUT2D eigenvalue weighted by atomic mass is 10.1. The van der Waals surface area contributed by atoms with E-state index in [1.807, 2.05) is 68.4 Å². The van der Waals surface area contributed by atoms with E-state index in [0.29, 0.717) is 23.1 Å². The summed E-state index contributed by atoms with van der Waals surface area (Å²) < 4.78 is 0.899. The van der Waals surface area contributed by atoms with E-state index >= 15 is 0 Å². The molecular formula is C23H20ClN3OS. The van der Waals surface area contributed by atoms with Crippen molar-refractivity contribution in [2.75, 3.05) is 4.90 Å². The van der Waals surface area contributed by atoms with Crippen LogP contribution in [0.25, 0.3) is 10.2 Å². The van der Waals surface area contributed by atoms with E-state index in [-0.39, 0.29) is 5.91 Å². The molecule has 0 N–H and O–H groups in total. The number of nitrogens with zero attached hydrogens (tertiary/aromatic N) is 3. The number of carbonyl (C=O) groups excluding carboxylic acids is 1. The number of fused-ring (bicyclic) bond motifs is 1. The molecule has 0 aliphatic heterocycles. The van der Waals surface area contributed by atoms with Crippen molar-refractivity contribution < 1.29 is 4.79 Å². The second kappa shape index (κ2) is 8.31. The van der Waals surface area contributed by atoms with E-state index in [1.54, 1.807) is 11.1 Å². The lowest BCUT2D eigenvalue weighted by Gasteiger charge is -2.19. The van der Waals surface area contributed by atoms with Crippen LogP contribution in [-0.2, 0) is 17.8 Å². The van der Waals surface area contributed by atoms with Crippen LogP contribution in [0.1, 0.15) is 22.4 Å². The number of hydrogen-bond acceptors (Lipinski definition) is 4. The van der Waals surface area contributed by atoms with Crippen molar-refractivity contribution in [1.29, 1.82) is 0 Å². The van der Waals surface area contributed by atoms with Gasteiger partial charge in [-0.1, -0.05) is 64.9 Å². The molecule has 0 unspecified atom stereocenters. The minimum atomic E-state index is -0.0210. The average Bonchev–Trinajstić information content (AvgIpc) is 3.18. The van der Waals surface area contributed by atoms with Gasteiger partial charge < -0.3 is 0 Å². The van der Waals surface area contributed by atoms with E-state index in [2.05, 4.69) is 4.98 Å². The molecule has 4 nitrogen and oxygen atoms in total. The fourth-order valence-corrected chi connectivity index (χ4v) is 4.43. The van der Waals surface area contributed by atoms with E-state index in [0.717, 1.165) is 27.0 Å². The van der Waals surface area contributed by atoms with Gasteiger partial charge in [0.25, 0.3) is 0 Å². The highest BCUT2D eigenvalue weighted by molar-refractivity contribution is 7.23. The lowest BCUT2D eigenvalue weighted by molar-refractivity contribution is -0.118. The van der Waals surface area contributed by atoms with Crippen molar-refractivity contribution in [3.8, 4) is 0 Å². The average molecular weight is 422 g/mol. The van der Waals surface area contributed by atoms with Gasteiger partial charge in [-0.05, 0) is 43.2 Å². The molecular weight excluding hydrogens is 402 g/mol. The fourth-order valence-electron chi connectivity index (χ4n) is 3.10. The third-order valence-corrected chi connectivity index (χ3v) is 6.28. The number of amides is 1. The van der Waals surface area contributed by atoms with Crippen LogP contribution in [0.4, 0.5) is 5.13 Å². The summed E-state index contributed by atoms with van der Waals surface area (Å²) in [4.78, 5) is 24.1. The zero-order valence-corrected chi connectivity index (χ0v) is 17.8. The quantitative estimate of drug-likeness (QED) is 0.413. The maximum atomic E-state index is 13.3. The monoisotopic (exact) mass is 421 g/mol. The number of pyridine rings is 1. The Hall–Kier alpha value is -2.76. The number of carbonyl (C=O) groups is 1. The second-order valence-electron chi connectivity index (χ2n) is 7.00. The van der Waals surface area contributed by atoms with Crippen LogP contribution in [0, 0.1) is 13.8 Å². The van der Waals surface area contributed by atoms with Gasteiger partial charge in [-0.15, -0.1) is 0 Å². The lowest BCUT2D eigenvalue weighted by Crippen LogP contribution is -2.32. The van der Waals surface area contributed by atoms with Crippen molar-refractivity contribution in [3.63, 3.8) is 0 Å². The van der Waals surface area contributed by atoms with Gasteiger partial charge in [-0.3, -0.25) is 14.7 Å². The Labute approximate surface area is 178 Å². The Kier molecular flexibility index (Phi) is 5.60. The molecule has 0 saturated heterocycles. The second-order valence-corrected chi connectivity index (χ2v) is 8.39. The van der Waals surface area contributed by atoms with Crippen LogP contribution in [0.5, 0.6) is 0 Å². The van der Waals surface area contributed by atoms with Crippen LogP contribution in [0.2, 0.25) is 5.02 Å². The zero-order valence-electron chi connectivity index (χ0n) is 16.2. The van der Waals surface area contributed by atoms with Crippen LogP contribution in [-0.4, -0.2) is 15.9 Å². The zero-order chi connectivity index (χ0) is 20.4. The first-order valence-electron chi connectivity index (χ1n) is 9.33. The number of rotatable bonds is 5. The molecule has 0 aliphatic carbocycles. The highest BCUT2D eigenvalue weighted by Gasteiger charge is 2.22. The summed E-state index contributed by atoms with van der Waals surface area (Å²) in [5.41, 5.74) is 4.83. The first kappa shape index (κ1) is 19.6. The maximum Gasteiger partial charge on any atom is 0.233 e.